The molecule has 0 N–H and O–H groups in total. The molecule has 6 nitrogen and oxygen atoms in total. The first-order chi connectivity index (χ1) is 14.8. The minimum absolute atomic E-state index is 0.169. The van der Waals surface area contributed by atoms with Gasteiger partial charge in [-0.15, -0.1) is 0 Å². The first kappa shape index (κ1) is 21.7. The molecule has 0 aromatic heterocycles. The van der Waals surface area contributed by atoms with Crippen molar-refractivity contribution in [2.24, 2.45) is 0 Å². The standard InChI is InChI=1S/C22H17BrN2O4S2/c1-3-29-21(28)17(12-7-5-4-6-8-12)25-20(27)18(31-22(25)30)16-14-11-13(23)9-10-15(14)24(2)19(16)26/h4-11,17H,3H2,1-2H3/b18-16-. The first-order valence-corrected chi connectivity index (χ1v) is 11.5. The van der Waals surface area contributed by atoms with Gasteiger partial charge in [-0.3, -0.25) is 14.5 Å². The predicted octanol–water partition coefficient (Wildman–Crippen LogP) is 4.30. The highest BCUT2D eigenvalue weighted by molar-refractivity contribution is 9.10. The van der Waals surface area contributed by atoms with Crippen LogP contribution in [0.1, 0.15) is 24.1 Å². The fourth-order valence-corrected chi connectivity index (χ4v) is 5.36. The van der Waals surface area contributed by atoms with Gasteiger partial charge in [0, 0.05) is 17.1 Å². The Morgan fingerprint density at radius 3 is 2.55 bits per heavy atom. The third-order valence-corrected chi connectivity index (χ3v) is 6.91. The number of amides is 2. The van der Waals surface area contributed by atoms with Gasteiger partial charge < -0.3 is 9.64 Å². The van der Waals surface area contributed by atoms with Gasteiger partial charge in [0.15, 0.2) is 6.04 Å². The van der Waals surface area contributed by atoms with Gasteiger partial charge in [0.05, 0.1) is 22.8 Å². The Labute approximate surface area is 197 Å². The summed E-state index contributed by atoms with van der Waals surface area (Å²) in [7, 11) is 1.66. The van der Waals surface area contributed by atoms with E-state index in [0.29, 0.717) is 16.8 Å². The van der Waals surface area contributed by atoms with Crippen LogP contribution in [0.25, 0.3) is 5.57 Å². The number of anilines is 1. The van der Waals surface area contributed by atoms with E-state index in [9.17, 15) is 14.4 Å². The summed E-state index contributed by atoms with van der Waals surface area (Å²) in [6.45, 7) is 1.87. The molecule has 9 heteroatoms. The maximum absolute atomic E-state index is 13.5. The van der Waals surface area contributed by atoms with E-state index >= 15 is 0 Å². The molecule has 1 unspecified atom stereocenters. The Bertz CT molecular complexity index is 1150. The van der Waals surface area contributed by atoms with Crippen molar-refractivity contribution in [2.45, 2.75) is 13.0 Å². The summed E-state index contributed by atoms with van der Waals surface area (Å²) in [6.07, 6.45) is 0. The zero-order valence-electron chi connectivity index (χ0n) is 16.6. The molecule has 0 bridgehead atoms. The fraction of sp³-hybridized carbons (Fsp3) is 0.182. The van der Waals surface area contributed by atoms with Crippen molar-refractivity contribution >= 4 is 73.3 Å². The summed E-state index contributed by atoms with van der Waals surface area (Å²) < 4.78 is 6.23. The maximum atomic E-state index is 13.5. The molecule has 2 aromatic carbocycles. The Hall–Kier alpha value is -2.49. The van der Waals surface area contributed by atoms with Crippen molar-refractivity contribution in [1.29, 1.82) is 0 Å². The van der Waals surface area contributed by atoms with Crippen LogP contribution in [0, 0.1) is 0 Å². The molecule has 0 saturated carbocycles. The van der Waals surface area contributed by atoms with E-state index in [1.165, 1.54) is 9.80 Å². The zero-order valence-corrected chi connectivity index (χ0v) is 19.8. The van der Waals surface area contributed by atoms with Gasteiger partial charge in [-0.1, -0.05) is 70.2 Å². The van der Waals surface area contributed by atoms with Crippen molar-refractivity contribution in [2.75, 3.05) is 18.6 Å². The number of likely N-dealkylation sites (N-methyl/N-ethyl adjacent to an activating group) is 1. The molecule has 1 fully saturated rings. The van der Waals surface area contributed by atoms with Gasteiger partial charge in [0.25, 0.3) is 11.8 Å². The number of carbonyl (C=O) groups excluding carboxylic acids is 3. The molecule has 2 amide bonds. The van der Waals surface area contributed by atoms with Crippen molar-refractivity contribution in [3.63, 3.8) is 0 Å². The molecule has 158 valence electrons. The molecule has 4 rings (SSSR count). The number of benzene rings is 2. The molecule has 0 aliphatic carbocycles. The monoisotopic (exact) mass is 516 g/mol. The normalized spacial score (nSPS) is 19.1. The number of hydrogen-bond donors (Lipinski definition) is 0. The summed E-state index contributed by atoms with van der Waals surface area (Å²) in [5.41, 5.74) is 2.23. The van der Waals surface area contributed by atoms with Crippen LogP contribution >= 0.6 is 39.9 Å². The molecule has 1 saturated heterocycles. The SMILES string of the molecule is CCOC(=O)C(c1ccccc1)N1C(=O)/C(=C2/C(=O)N(C)c3ccc(Br)cc32)SC1=S. The Morgan fingerprint density at radius 2 is 1.87 bits per heavy atom. The lowest BCUT2D eigenvalue weighted by Gasteiger charge is -2.25. The molecule has 0 radical (unpaired) electrons. The van der Waals surface area contributed by atoms with Gasteiger partial charge in [-0.25, -0.2) is 4.79 Å². The largest absolute Gasteiger partial charge is 0.464 e. The second kappa shape index (κ2) is 8.57. The molecule has 2 aliphatic rings. The van der Waals surface area contributed by atoms with E-state index in [4.69, 9.17) is 17.0 Å². The van der Waals surface area contributed by atoms with Gasteiger partial charge in [-0.05, 0) is 30.7 Å². The van der Waals surface area contributed by atoms with E-state index < -0.39 is 17.9 Å². The summed E-state index contributed by atoms with van der Waals surface area (Å²) in [5.74, 6) is -1.35. The number of halogens is 1. The lowest BCUT2D eigenvalue weighted by atomic mass is 10.0. The minimum Gasteiger partial charge on any atom is -0.464 e. The number of nitrogens with zero attached hydrogens (tertiary/aromatic N) is 2. The maximum Gasteiger partial charge on any atom is 0.333 e. The van der Waals surface area contributed by atoms with Gasteiger partial charge in [0.2, 0.25) is 0 Å². The smallest absolute Gasteiger partial charge is 0.333 e. The number of fused-ring (bicyclic) bond motifs is 1. The lowest BCUT2D eigenvalue weighted by molar-refractivity contribution is -0.151. The molecule has 31 heavy (non-hydrogen) atoms. The highest BCUT2D eigenvalue weighted by atomic mass is 79.9. The molecule has 2 heterocycles. The highest BCUT2D eigenvalue weighted by Crippen LogP contribution is 2.46. The fourth-order valence-electron chi connectivity index (χ4n) is 3.61. The second-order valence-corrected chi connectivity index (χ2v) is 9.40. The van der Waals surface area contributed by atoms with E-state index in [0.717, 1.165) is 16.2 Å². The van der Waals surface area contributed by atoms with Crippen LogP contribution < -0.4 is 4.90 Å². The minimum atomic E-state index is -1.03. The van der Waals surface area contributed by atoms with Crippen LogP contribution in [0.3, 0.4) is 0 Å². The molecule has 1 atom stereocenters. The highest BCUT2D eigenvalue weighted by Gasteiger charge is 2.46. The average Bonchev–Trinajstić information content (AvgIpc) is 3.16. The third kappa shape index (κ3) is 3.71. The van der Waals surface area contributed by atoms with Crippen molar-refractivity contribution in [3.05, 3.63) is 69.0 Å². The van der Waals surface area contributed by atoms with Crippen LogP contribution in [0.2, 0.25) is 0 Å². The van der Waals surface area contributed by atoms with E-state index in [1.807, 2.05) is 18.2 Å². The van der Waals surface area contributed by atoms with Gasteiger partial charge in [-0.2, -0.15) is 0 Å². The number of ether oxygens (including phenoxy) is 1. The average molecular weight is 517 g/mol. The quantitative estimate of drug-likeness (QED) is 0.342. The Balaban J connectivity index is 1.83. The number of hydrogen-bond acceptors (Lipinski definition) is 6. The predicted molar refractivity (Wildman–Crippen MR) is 127 cm³/mol. The van der Waals surface area contributed by atoms with Crippen LogP contribution in [0.5, 0.6) is 0 Å². The summed E-state index contributed by atoms with van der Waals surface area (Å²) in [4.78, 5) is 42.4. The van der Waals surface area contributed by atoms with Crippen LogP contribution in [0.4, 0.5) is 5.69 Å². The Morgan fingerprint density at radius 1 is 1.16 bits per heavy atom. The summed E-state index contributed by atoms with van der Waals surface area (Å²) >= 11 is 9.95. The summed E-state index contributed by atoms with van der Waals surface area (Å²) in [5, 5.41) is 0. The molecular formula is C22H17BrN2O4S2. The molecule has 0 spiro atoms. The number of rotatable bonds is 4. The third-order valence-electron chi connectivity index (χ3n) is 5.02. The molecule has 2 aliphatic heterocycles. The first-order valence-electron chi connectivity index (χ1n) is 9.44. The van der Waals surface area contributed by atoms with E-state index in [1.54, 1.807) is 44.3 Å². The topological polar surface area (TPSA) is 66.9 Å². The van der Waals surface area contributed by atoms with Crippen molar-refractivity contribution in [3.8, 4) is 0 Å². The van der Waals surface area contributed by atoms with E-state index in [2.05, 4.69) is 15.9 Å². The van der Waals surface area contributed by atoms with Crippen molar-refractivity contribution < 1.29 is 19.1 Å². The summed E-state index contributed by atoms with van der Waals surface area (Å²) in [6, 6.07) is 13.3. The second-order valence-electron chi connectivity index (χ2n) is 6.84. The zero-order chi connectivity index (χ0) is 22.3. The number of thiocarbonyl (C=S) groups is 1. The van der Waals surface area contributed by atoms with Crippen LogP contribution in [0.15, 0.2) is 57.9 Å². The number of carbonyl (C=O) groups is 3. The Kier molecular flexibility index (Phi) is 6.00. The molecular weight excluding hydrogens is 500 g/mol. The van der Waals surface area contributed by atoms with Gasteiger partial charge >= 0.3 is 5.97 Å². The van der Waals surface area contributed by atoms with Crippen LogP contribution in [-0.4, -0.2) is 40.7 Å². The molecule has 2 aromatic rings. The van der Waals surface area contributed by atoms with Crippen molar-refractivity contribution in [1.82, 2.24) is 4.90 Å². The number of esters is 1. The van der Waals surface area contributed by atoms with Crippen LogP contribution in [-0.2, 0) is 19.1 Å². The van der Waals surface area contributed by atoms with E-state index in [-0.39, 0.29) is 27.3 Å². The lowest BCUT2D eigenvalue weighted by Crippen LogP contribution is -2.38. The number of thioether (sulfide) groups is 1. The van der Waals surface area contributed by atoms with Gasteiger partial charge in [0.1, 0.15) is 4.32 Å².